The Balaban J connectivity index is 2.67. The number of carbonyl (C=O) groups is 1. The van der Waals surface area contributed by atoms with Gasteiger partial charge in [0.1, 0.15) is 0 Å². The van der Waals surface area contributed by atoms with Crippen molar-refractivity contribution in [1.29, 1.82) is 0 Å². The van der Waals surface area contributed by atoms with Crippen LogP contribution in [0.5, 0.6) is 0 Å². The van der Waals surface area contributed by atoms with Gasteiger partial charge in [-0.1, -0.05) is 13.8 Å². The van der Waals surface area contributed by atoms with E-state index in [1.54, 1.807) is 4.31 Å². The molecule has 0 amide bonds. The molecule has 0 saturated carbocycles. The zero-order valence-electron chi connectivity index (χ0n) is 11.3. The maximum Gasteiger partial charge on any atom is 0.303 e. The van der Waals surface area contributed by atoms with Crippen LogP contribution < -0.4 is 0 Å². The fraction of sp³-hybridized carbons (Fsp3) is 0.917. The van der Waals surface area contributed by atoms with Gasteiger partial charge in [-0.3, -0.25) is 4.79 Å². The molecule has 1 N–H and O–H groups in total. The Morgan fingerprint density at radius 2 is 1.94 bits per heavy atom. The Kier molecular flexibility index (Phi) is 5.16. The van der Waals surface area contributed by atoms with Crippen LogP contribution in [-0.4, -0.2) is 42.1 Å². The van der Waals surface area contributed by atoms with Gasteiger partial charge in [-0.15, -0.1) is 0 Å². The van der Waals surface area contributed by atoms with Crippen molar-refractivity contribution in [2.24, 2.45) is 11.8 Å². The molecule has 5 nitrogen and oxygen atoms in total. The summed E-state index contributed by atoms with van der Waals surface area (Å²) in [6.07, 6.45) is 1.14. The van der Waals surface area contributed by atoms with Crippen LogP contribution in [-0.2, 0) is 14.8 Å². The fourth-order valence-corrected chi connectivity index (χ4v) is 4.49. The second-order valence-corrected chi connectivity index (χ2v) is 7.48. The van der Waals surface area contributed by atoms with Crippen LogP contribution >= 0.6 is 0 Å². The predicted octanol–water partition coefficient (Wildman–Crippen LogP) is 1.55. The van der Waals surface area contributed by atoms with Gasteiger partial charge in [-0.2, -0.15) is 4.31 Å². The molecule has 0 aliphatic carbocycles. The summed E-state index contributed by atoms with van der Waals surface area (Å²) in [5, 5.41) is 8.55. The van der Waals surface area contributed by atoms with Gasteiger partial charge < -0.3 is 5.11 Å². The van der Waals surface area contributed by atoms with Gasteiger partial charge in [0, 0.05) is 19.0 Å². The number of hydrogen-bond acceptors (Lipinski definition) is 3. The van der Waals surface area contributed by atoms with Crippen molar-refractivity contribution in [3.8, 4) is 0 Å². The number of nitrogens with zero attached hydrogens (tertiary/aromatic N) is 1. The van der Waals surface area contributed by atoms with Crippen molar-refractivity contribution in [3.05, 3.63) is 0 Å². The van der Waals surface area contributed by atoms with Gasteiger partial charge in [-0.05, 0) is 31.6 Å². The summed E-state index contributed by atoms with van der Waals surface area (Å²) in [5.74, 6) is -0.296. The average molecular weight is 277 g/mol. The summed E-state index contributed by atoms with van der Waals surface area (Å²) in [6.45, 7) is 6.62. The molecule has 1 heterocycles. The van der Waals surface area contributed by atoms with E-state index in [1.165, 1.54) is 0 Å². The van der Waals surface area contributed by atoms with Crippen molar-refractivity contribution in [1.82, 2.24) is 4.31 Å². The molecule has 0 radical (unpaired) electrons. The van der Waals surface area contributed by atoms with Crippen LogP contribution in [0.15, 0.2) is 0 Å². The molecule has 0 aromatic rings. The number of carboxylic acid groups (broad SMARTS) is 1. The molecule has 6 heteroatoms. The number of carboxylic acids is 1. The number of sulfonamides is 1. The molecule has 0 aromatic carbocycles. The monoisotopic (exact) mass is 277 g/mol. The van der Waals surface area contributed by atoms with Crippen LogP contribution in [0.1, 0.15) is 40.0 Å². The quantitative estimate of drug-likeness (QED) is 0.827. The molecule has 0 bridgehead atoms. The summed E-state index contributed by atoms with van der Waals surface area (Å²) in [4.78, 5) is 10.4. The van der Waals surface area contributed by atoms with Gasteiger partial charge in [0.25, 0.3) is 0 Å². The predicted molar refractivity (Wildman–Crippen MR) is 69.8 cm³/mol. The molecule has 1 aliphatic heterocycles. The van der Waals surface area contributed by atoms with Crippen LogP contribution in [0.2, 0.25) is 0 Å². The Labute approximate surface area is 109 Å². The van der Waals surface area contributed by atoms with E-state index in [2.05, 4.69) is 13.8 Å². The third kappa shape index (κ3) is 3.95. The van der Waals surface area contributed by atoms with Crippen molar-refractivity contribution >= 4 is 16.0 Å². The molecule has 106 valence electrons. The van der Waals surface area contributed by atoms with Crippen molar-refractivity contribution in [3.63, 3.8) is 0 Å². The highest BCUT2D eigenvalue weighted by molar-refractivity contribution is 7.89. The highest BCUT2D eigenvalue weighted by atomic mass is 32.2. The maximum absolute atomic E-state index is 12.2. The molecule has 1 aliphatic rings. The lowest BCUT2D eigenvalue weighted by atomic mass is 9.88. The molecule has 1 rings (SSSR count). The summed E-state index contributed by atoms with van der Waals surface area (Å²) in [6, 6.07) is 0.0102. The largest absolute Gasteiger partial charge is 0.481 e. The van der Waals surface area contributed by atoms with E-state index in [0.717, 1.165) is 6.42 Å². The van der Waals surface area contributed by atoms with Gasteiger partial charge in [0.15, 0.2) is 0 Å². The highest BCUT2D eigenvalue weighted by Crippen LogP contribution is 2.29. The first-order valence-electron chi connectivity index (χ1n) is 6.45. The lowest BCUT2D eigenvalue weighted by Gasteiger charge is -2.40. The van der Waals surface area contributed by atoms with E-state index < -0.39 is 16.0 Å². The minimum atomic E-state index is -3.32. The van der Waals surface area contributed by atoms with Crippen LogP contribution in [0.4, 0.5) is 0 Å². The SMILES string of the molecule is CC1CC(C)C(C)N(S(=O)(=O)CCCC(=O)O)C1. The van der Waals surface area contributed by atoms with E-state index in [4.69, 9.17) is 5.11 Å². The molecule has 18 heavy (non-hydrogen) atoms. The lowest BCUT2D eigenvalue weighted by Crippen LogP contribution is -2.49. The zero-order chi connectivity index (χ0) is 13.9. The Morgan fingerprint density at radius 3 is 2.50 bits per heavy atom. The standard InChI is InChI=1S/C12H23NO4S/c1-9-7-10(2)11(3)13(8-9)18(16,17)6-4-5-12(14)15/h9-11H,4-8H2,1-3H3,(H,14,15). The zero-order valence-corrected chi connectivity index (χ0v) is 12.1. The Bertz CT molecular complexity index is 393. The molecule has 0 spiro atoms. The minimum Gasteiger partial charge on any atom is -0.481 e. The summed E-state index contributed by atoms with van der Waals surface area (Å²) in [5.41, 5.74) is 0. The third-order valence-corrected chi connectivity index (χ3v) is 5.69. The smallest absolute Gasteiger partial charge is 0.303 e. The van der Waals surface area contributed by atoms with Crippen molar-refractivity contribution < 1.29 is 18.3 Å². The first-order chi connectivity index (χ1) is 8.24. The summed E-state index contributed by atoms with van der Waals surface area (Å²) in [7, 11) is -3.32. The van der Waals surface area contributed by atoms with Crippen LogP contribution in [0, 0.1) is 11.8 Å². The molecule has 3 unspecified atom stereocenters. The molecule has 1 fully saturated rings. The lowest BCUT2D eigenvalue weighted by molar-refractivity contribution is -0.137. The fourth-order valence-electron chi connectivity index (χ4n) is 2.55. The average Bonchev–Trinajstić information content (AvgIpc) is 2.22. The van der Waals surface area contributed by atoms with E-state index in [0.29, 0.717) is 18.4 Å². The van der Waals surface area contributed by atoms with Crippen LogP contribution in [0.25, 0.3) is 0 Å². The minimum absolute atomic E-state index is 0.0102. The molecular formula is C12H23NO4S. The number of rotatable bonds is 5. The molecular weight excluding hydrogens is 254 g/mol. The second-order valence-electron chi connectivity index (χ2n) is 5.44. The molecule has 3 atom stereocenters. The van der Waals surface area contributed by atoms with E-state index in [1.807, 2.05) is 6.92 Å². The Morgan fingerprint density at radius 1 is 1.33 bits per heavy atom. The van der Waals surface area contributed by atoms with Gasteiger partial charge in [0.05, 0.1) is 5.75 Å². The van der Waals surface area contributed by atoms with Gasteiger partial charge in [0.2, 0.25) is 10.0 Å². The summed E-state index contributed by atoms with van der Waals surface area (Å²) >= 11 is 0. The number of hydrogen-bond donors (Lipinski definition) is 1. The van der Waals surface area contributed by atoms with E-state index in [9.17, 15) is 13.2 Å². The van der Waals surface area contributed by atoms with Gasteiger partial charge in [-0.25, -0.2) is 8.42 Å². The second kappa shape index (κ2) is 6.02. The third-order valence-electron chi connectivity index (χ3n) is 3.69. The maximum atomic E-state index is 12.2. The molecule has 0 aromatic heterocycles. The van der Waals surface area contributed by atoms with Gasteiger partial charge >= 0.3 is 5.97 Å². The summed E-state index contributed by atoms with van der Waals surface area (Å²) < 4.78 is 26.0. The van der Waals surface area contributed by atoms with E-state index in [-0.39, 0.29) is 24.6 Å². The first-order valence-corrected chi connectivity index (χ1v) is 8.06. The van der Waals surface area contributed by atoms with E-state index >= 15 is 0 Å². The Hall–Kier alpha value is -0.620. The normalized spacial score (nSPS) is 30.3. The first kappa shape index (κ1) is 15.4. The van der Waals surface area contributed by atoms with Crippen molar-refractivity contribution in [2.45, 2.75) is 46.1 Å². The highest BCUT2D eigenvalue weighted by Gasteiger charge is 2.35. The number of piperidine rings is 1. The van der Waals surface area contributed by atoms with Crippen molar-refractivity contribution in [2.75, 3.05) is 12.3 Å². The topological polar surface area (TPSA) is 74.7 Å². The molecule has 1 saturated heterocycles. The number of aliphatic carboxylic acids is 1. The van der Waals surface area contributed by atoms with Crippen LogP contribution in [0.3, 0.4) is 0 Å².